The molecule has 2 aromatic carbocycles. The van der Waals surface area contributed by atoms with Crippen molar-refractivity contribution in [1.29, 1.82) is 0 Å². The second-order valence-corrected chi connectivity index (χ2v) is 7.25. The Bertz CT molecular complexity index is 445. The Morgan fingerprint density at radius 3 is 1.81 bits per heavy atom. The van der Waals surface area contributed by atoms with Gasteiger partial charge in [0.2, 0.25) is 0 Å². The van der Waals surface area contributed by atoms with Gasteiger partial charge >= 0.3 is 112 Å². The van der Waals surface area contributed by atoms with E-state index in [1.54, 1.807) is 0 Å². The van der Waals surface area contributed by atoms with Crippen molar-refractivity contribution in [2.24, 2.45) is 0 Å². The molecule has 0 aliphatic carbocycles. The molecule has 0 aliphatic rings. The molecule has 82 valence electrons. The standard InChI is InChI=1S/C14H14STe/c1-11-3-5-12(6-4-11)15-13-7-9-14(16-2)10-8-13/h3-10H,1-2H3. The summed E-state index contributed by atoms with van der Waals surface area (Å²) < 4.78 is 1.53. The van der Waals surface area contributed by atoms with E-state index in [4.69, 9.17) is 0 Å². The first-order valence-corrected chi connectivity index (χ1v) is 9.48. The zero-order chi connectivity index (χ0) is 11.4. The van der Waals surface area contributed by atoms with E-state index >= 15 is 0 Å². The molecule has 2 rings (SSSR count). The van der Waals surface area contributed by atoms with Crippen LogP contribution in [-0.4, -0.2) is 20.9 Å². The van der Waals surface area contributed by atoms with Crippen LogP contribution < -0.4 is 3.61 Å². The molecule has 0 radical (unpaired) electrons. The van der Waals surface area contributed by atoms with Crippen LogP contribution in [0.5, 0.6) is 0 Å². The third kappa shape index (κ3) is 3.28. The Morgan fingerprint density at radius 2 is 1.31 bits per heavy atom. The normalized spacial score (nSPS) is 10.4. The number of hydrogen-bond donors (Lipinski definition) is 0. The fraction of sp³-hybridized carbons (Fsp3) is 0.143. The van der Waals surface area contributed by atoms with Crippen LogP contribution in [0.15, 0.2) is 58.3 Å². The van der Waals surface area contributed by atoms with Crippen LogP contribution in [0.4, 0.5) is 0 Å². The molecular weight excluding hydrogens is 328 g/mol. The first-order valence-electron chi connectivity index (χ1n) is 5.16. The first-order chi connectivity index (χ1) is 7.78. The molecule has 0 amide bonds. The van der Waals surface area contributed by atoms with Crippen LogP contribution in [0.2, 0.25) is 4.97 Å². The molecule has 16 heavy (non-hydrogen) atoms. The number of aryl methyl sites for hydroxylation is 1. The van der Waals surface area contributed by atoms with Crippen molar-refractivity contribution < 1.29 is 0 Å². The number of rotatable bonds is 3. The first kappa shape index (κ1) is 12.0. The van der Waals surface area contributed by atoms with Crippen molar-refractivity contribution in [3.8, 4) is 0 Å². The van der Waals surface area contributed by atoms with Crippen molar-refractivity contribution >= 4 is 36.3 Å². The van der Waals surface area contributed by atoms with Crippen molar-refractivity contribution in [1.82, 2.24) is 0 Å². The van der Waals surface area contributed by atoms with Gasteiger partial charge in [0.05, 0.1) is 0 Å². The summed E-state index contributed by atoms with van der Waals surface area (Å²) >= 11 is 1.89. The number of benzene rings is 2. The summed E-state index contributed by atoms with van der Waals surface area (Å²) in [6.45, 7) is 2.12. The summed E-state index contributed by atoms with van der Waals surface area (Å²) in [6, 6.07) is 17.7. The molecule has 0 N–H and O–H groups in total. The number of hydrogen-bond acceptors (Lipinski definition) is 1. The quantitative estimate of drug-likeness (QED) is 0.770. The summed E-state index contributed by atoms with van der Waals surface area (Å²) in [6.07, 6.45) is 0. The van der Waals surface area contributed by atoms with E-state index < -0.39 is 0 Å². The van der Waals surface area contributed by atoms with Gasteiger partial charge in [-0.3, -0.25) is 0 Å². The van der Waals surface area contributed by atoms with Crippen LogP contribution in [0.3, 0.4) is 0 Å². The predicted molar refractivity (Wildman–Crippen MR) is 73.0 cm³/mol. The zero-order valence-corrected chi connectivity index (χ0v) is 12.6. The topological polar surface area (TPSA) is 0 Å². The van der Waals surface area contributed by atoms with Crippen LogP contribution >= 0.6 is 11.8 Å². The third-order valence-corrected chi connectivity index (χ3v) is 5.45. The molecule has 0 aromatic heterocycles. The van der Waals surface area contributed by atoms with E-state index in [1.165, 1.54) is 19.0 Å². The molecule has 0 nitrogen and oxygen atoms in total. The van der Waals surface area contributed by atoms with Gasteiger partial charge in [-0.25, -0.2) is 0 Å². The molecule has 2 aromatic rings. The fourth-order valence-electron chi connectivity index (χ4n) is 1.39. The van der Waals surface area contributed by atoms with Crippen molar-refractivity contribution in [3.05, 3.63) is 54.1 Å². The Balaban J connectivity index is 2.11. The monoisotopic (exact) mass is 344 g/mol. The van der Waals surface area contributed by atoms with Gasteiger partial charge in [0.1, 0.15) is 0 Å². The van der Waals surface area contributed by atoms with E-state index in [0.29, 0.717) is 0 Å². The van der Waals surface area contributed by atoms with Crippen LogP contribution in [-0.2, 0) is 0 Å². The van der Waals surface area contributed by atoms with Gasteiger partial charge in [0, 0.05) is 0 Å². The van der Waals surface area contributed by atoms with Crippen LogP contribution in [0.25, 0.3) is 0 Å². The van der Waals surface area contributed by atoms with Gasteiger partial charge in [0.25, 0.3) is 0 Å². The average molecular weight is 342 g/mol. The van der Waals surface area contributed by atoms with Gasteiger partial charge in [-0.05, 0) is 0 Å². The van der Waals surface area contributed by atoms with Gasteiger partial charge < -0.3 is 0 Å². The Kier molecular flexibility index (Phi) is 4.35. The molecule has 0 fully saturated rings. The molecule has 0 saturated heterocycles. The molecule has 0 saturated carbocycles. The molecule has 0 heterocycles. The van der Waals surface area contributed by atoms with E-state index in [1.807, 2.05) is 11.8 Å². The summed E-state index contributed by atoms with van der Waals surface area (Å²) in [7, 11) is 0. The summed E-state index contributed by atoms with van der Waals surface area (Å²) in [4.78, 5) is 4.95. The van der Waals surface area contributed by atoms with Crippen molar-refractivity contribution in [2.75, 3.05) is 0 Å². The van der Waals surface area contributed by atoms with Crippen molar-refractivity contribution in [2.45, 2.75) is 21.7 Å². The summed E-state index contributed by atoms with van der Waals surface area (Å²) in [5.74, 6) is 0. The Labute approximate surface area is 112 Å². The second kappa shape index (κ2) is 5.77. The van der Waals surface area contributed by atoms with Crippen LogP contribution in [0.1, 0.15) is 5.56 Å². The van der Waals surface area contributed by atoms with Gasteiger partial charge in [-0.1, -0.05) is 0 Å². The Hall–Kier alpha value is -0.420. The predicted octanol–water partition coefficient (Wildman–Crippen LogP) is 3.52. The van der Waals surface area contributed by atoms with Gasteiger partial charge in [0.15, 0.2) is 0 Å². The zero-order valence-electron chi connectivity index (χ0n) is 9.44. The third-order valence-electron chi connectivity index (χ3n) is 2.32. The second-order valence-electron chi connectivity index (χ2n) is 3.59. The minimum absolute atomic E-state index is 0.0616. The molecular formula is C14H14STe. The van der Waals surface area contributed by atoms with E-state index in [-0.39, 0.29) is 20.9 Å². The minimum atomic E-state index is 0.0616. The van der Waals surface area contributed by atoms with Crippen molar-refractivity contribution in [3.63, 3.8) is 0 Å². The summed E-state index contributed by atoms with van der Waals surface area (Å²) in [5, 5.41) is 0. The molecule has 0 spiro atoms. The van der Waals surface area contributed by atoms with E-state index in [9.17, 15) is 0 Å². The maximum atomic E-state index is 2.31. The average Bonchev–Trinajstić information content (AvgIpc) is 2.33. The van der Waals surface area contributed by atoms with Gasteiger partial charge in [-0.15, -0.1) is 0 Å². The molecule has 0 atom stereocenters. The Morgan fingerprint density at radius 1 is 0.812 bits per heavy atom. The fourth-order valence-corrected chi connectivity index (χ4v) is 3.37. The molecule has 0 unspecified atom stereocenters. The van der Waals surface area contributed by atoms with Gasteiger partial charge in [-0.2, -0.15) is 0 Å². The van der Waals surface area contributed by atoms with E-state index in [0.717, 1.165) is 0 Å². The SMILES string of the molecule is C[Te]c1ccc(Sc2ccc(C)cc2)cc1. The molecule has 0 bridgehead atoms. The maximum absolute atomic E-state index is 2.31. The summed E-state index contributed by atoms with van der Waals surface area (Å²) in [5.41, 5.74) is 1.32. The molecule has 0 aliphatic heterocycles. The molecule has 2 heteroatoms. The van der Waals surface area contributed by atoms with Crippen LogP contribution in [0, 0.1) is 6.92 Å². The van der Waals surface area contributed by atoms with E-state index in [2.05, 4.69) is 60.4 Å².